The van der Waals surface area contributed by atoms with Crippen molar-refractivity contribution in [3.63, 3.8) is 0 Å². The van der Waals surface area contributed by atoms with Gasteiger partial charge in [0.1, 0.15) is 5.75 Å². The Morgan fingerprint density at radius 1 is 1.25 bits per heavy atom. The van der Waals surface area contributed by atoms with E-state index in [2.05, 4.69) is 31.7 Å². The van der Waals surface area contributed by atoms with Crippen LogP contribution in [0.1, 0.15) is 38.7 Å². The second kappa shape index (κ2) is 3.19. The SMILES string of the molecule is CC1(C)Cc2cc(O)ccc2SC12CCC2. The molecule has 0 bridgehead atoms. The van der Waals surface area contributed by atoms with E-state index in [9.17, 15) is 5.11 Å². The molecule has 1 fully saturated rings. The highest BCUT2D eigenvalue weighted by Crippen LogP contribution is 2.62. The molecule has 1 aliphatic carbocycles. The molecule has 1 N–H and O–H groups in total. The predicted octanol–water partition coefficient (Wildman–Crippen LogP) is 3.99. The topological polar surface area (TPSA) is 20.2 Å². The summed E-state index contributed by atoms with van der Waals surface area (Å²) in [5.74, 6) is 0.403. The first kappa shape index (κ1) is 10.5. The van der Waals surface area contributed by atoms with Crippen molar-refractivity contribution in [1.82, 2.24) is 0 Å². The second-order valence-electron chi connectivity index (χ2n) is 5.80. The van der Waals surface area contributed by atoms with E-state index in [4.69, 9.17) is 0 Å². The van der Waals surface area contributed by atoms with Gasteiger partial charge < -0.3 is 5.11 Å². The minimum atomic E-state index is 0.358. The van der Waals surface area contributed by atoms with Crippen LogP contribution < -0.4 is 0 Å². The minimum absolute atomic E-state index is 0.358. The van der Waals surface area contributed by atoms with Gasteiger partial charge in [0, 0.05) is 9.64 Å². The molecule has 1 nitrogen and oxygen atoms in total. The van der Waals surface area contributed by atoms with Gasteiger partial charge in [-0.3, -0.25) is 0 Å². The van der Waals surface area contributed by atoms with Gasteiger partial charge in [-0.15, -0.1) is 11.8 Å². The maximum Gasteiger partial charge on any atom is 0.115 e. The zero-order valence-electron chi connectivity index (χ0n) is 9.92. The highest BCUT2D eigenvalue weighted by atomic mass is 32.2. The summed E-state index contributed by atoms with van der Waals surface area (Å²) in [5.41, 5.74) is 1.68. The summed E-state index contributed by atoms with van der Waals surface area (Å²) in [7, 11) is 0. The van der Waals surface area contributed by atoms with Gasteiger partial charge >= 0.3 is 0 Å². The molecule has 1 aliphatic heterocycles. The van der Waals surface area contributed by atoms with E-state index >= 15 is 0 Å². The first-order valence-electron chi connectivity index (χ1n) is 6.03. The molecular weight excluding hydrogens is 216 g/mol. The van der Waals surface area contributed by atoms with Crippen LogP contribution in [0.3, 0.4) is 0 Å². The van der Waals surface area contributed by atoms with Crippen molar-refractivity contribution >= 4 is 11.8 Å². The van der Waals surface area contributed by atoms with E-state index in [0.717, 1.165) is 6.42 Å². The van der Waals surface area contributed by atoms with E-state index in [-0.39, 0.29) is 0 Å². The predicted molar refractivity (Wildman–Crippen MR) is 68.0 cm³/mol. The fraction of sp³-hybridized carbons (Fsp3) is 0.571. The largest absolute Gasteiger partial charge is 0.508 e. The molecule has 1 heterocycles. The van der Waals surface area contributed by atoms with Crippen molar-refractivity contribution in [3.05, 3.63) is 23.8 Å². The number of phenolic OH excluding ortho intramolecular Hbond substituents is 1. The lowest BCUT2D eigenvalue weighted by Crippen LogP contribution is -2.50. The van der Waals surface area contributed by atoms with E-state index < -0.39 is 0 Å². The van der Waals surface area contributed by atoms with Crippen molar-refractivity contribution in [3.8, 4) is 5.75 Å². The summed E-state index contributed by atoms with van der Waals surface area (Å²) >= 11 is 2.05. The van der Waals surface area contributed by atoms with Gasteiger partial charge in [0.05, 0.1) is 0 Å². The highest BCUT2D eigenvalue weighted by molar-refractivity contribution is 8.00. The molecule has 1 aromatic rings. The molecule has 0 saturated heterocycles. The van der Waals surface area contributed by atoms with Crippen LogP contribution >= 0.6 is 11.8 Å². The van der Waals surface area contributed by atoms with Crippen LogP contribution in [0.4, 0.5) is 0 Å². The quantitative estimate of drug-likeness (QED) is 0.732. The van der Waals surface area contributed by atoms with Crippen LogP contribution in [0.15, 0.2) is 23.1 Å². The molecule has 86 valence electrons. The second-order valence-corrected chi connectivity index (χ2v) is 7.23. The fourth-order valence-corrected chi connectivity index (χ4v) is 4.73. The number of fused-ring (bicyclic) bond motifs is 1. The molecular formula is C14H18OS. The van der Waals surface area contributed by atoms with Crippen molar-refractivity contribution in [2.75, 3.05) is 0 Å². The third-order valence-electron chi connectivity index (χ3n) is 4.38. The van der Waals surface area contributed by atoms with Gasteiger partial charge in [-0.1, -0.05) is 20.3 Å². The lowest BCUT2D eigenvalue weighted by molar-refractivity contribution is 0.154. The molecule has 3 rings (SSSR count). The monoisotopic (exact) mass is 234 g/mol. The Hall–Kier alpha value is -0.630. The lowest BCUT2D eigenvalue weighted by Gasteiger charge is -2.55. The Balaban J connectivity index is 2.04. The fourth-order valence-electron chi connectivity index (χ4n) is 3.07. The third-order valence-corrected chi connectivity index (χ3v) is 6.35. The van der Waals surface area contributed by atoms with Crippen LogP contribution in [0, 0.1) is 5.41 Å². The summed E-state index contributed by atoms with van der Waals surface area (Å²) in [6, 6.07) is 5.84. The summed E-state index contributed by atoms with van der Waals surface area (Å²) in [6.45, 7) is 4.76. The number of rotatable bonds is 0. The van der Waals surface area contributed by atoms with Crippen molar-refractivity contribution < 1.29 is 5.11 Å². The number of phenols is 1. The summed E-state index contributed by atoms with van der Waals surface area (Å²) in [4.78, 5) is 1.39. The van der Waals surface area contributed by atoms with Crippen LogP contribution in [0.2, 0.25) is 0 Å². The van der Waals surface area contributed by atoms with Gasteiger partial charge in [-0.25, -0.2) is 0 Å². The minimum Gasteiger partial charge on any atom is -0.508 e. The molecule has 1 aromatic carbocycles. The maximum absolute atomic E-state index is 9.55. The van der Waals surface area contributed by atoms with Crippen LogP contribution in [0.25, 0.3) is 0 Å². The van der Waals surface area contributed by atoms with E-state index in [0.29, 0.717) is 15.9 Å². The normalized spacial score (nSPS) is 24.9. The smallest absolute Gasteiger partial charge is 0.115 e. The molecule has 2 aliphatic rings. The average Bonchev–Trinajstić information content (AvgIpc) is 2.12. The zero-order chi connectivity index (χ0) is 11.4. The number of hydrogen-bond acceptors (Lipinski definition) is 2. The maximum atomic E-state index is 9.55. The number of hydrogen-bond donors (Lipinski definition) is 1. The average molecular weight is 234 g/mol. The van der Waals surface area contributed by atoms with Gasteiger partial charge in [0.15, 0.2) is 0 Å². The van der Waals surface area contributed by atoms with Gasteiger partial charge in [0.25, 0.3) is 0 Å². The molecule has 2 heteroatoms. The number of benzene rings is 1. The molecule has 16 heavy (non-hydrogen) atoms. The molecule has 1 saturated carbocycles. The van der Waals surface area contributed by atoms with Gasteiger partial charge in [-0.05, 0) is 48.4 Å². The Labute approximate surface area is 101 Å². The summed E-state index contributed by atoms with van der Waals surface area (Å²) in [5, 5.41) is 9.55. The first-order chi connectivity index (χ1) is 7.52. The first-order valence-corrected chi connectivity index (χ1v) is 6.85. The lowest BCUT2D eigenvalue weighted by atomic mass is 9.63. The van der Waals surface area contributed by atoms with Crippen LogP contribution in [-0.4, -0.2) is 9.85 Å². The Bertz CT molecular complexity index is 432. The van der Waals surface area contributed by atoms with Gasteiger partial charge in [0.2, 0.25) is 0 Å². The molecule has 1 spiro atoms. The van der Waals surface area contributed by atoms with Crippen LogP contribution in [0.5, 0.6) is 5.75 Å². The van der Waals surface area contributed by atoms with E-state index in [1.54, 1.807) is 0 Å². The Kier molecular flexibility index (Phi) is 2.10. The zero-order valence-corrected chi connectivity index (χ0v) is 10.7. The van der Waals surface area contributed by atoms with Crippen LogP contribution in [-0.2, 0) is 6.42 Å². The van der Waals surface area contributed by atoms with Crippen molar-refractivity contribution in [2.24, 2.45) is 5.41 Å². The van der Waals surface area contributed by atoms with Crippen molar-refractivity contribution in [1.29, 1.82) is 0 Å². The number of thioether (sulfide) groups is 1. The molecule has 0 atom stereocenters. The molecule has 0 aromatic heterocycles. The Morgan fingerprint density at radius 2 is 2.00 bits per heavy atom. The summed E-state index contributed by atoms with van der Waals surface area (Å²) < 4.78 is 0.469. The van der Waals surface area contributed by atoms with Gasteiger partial charge in [-0.2, -0.15) is 0 Å². The molecule has 0 unspecified atom stereocenters. The van der Waals surface area contributed by atoms with E-state index in [1.807, 2.05) is 12.1 Å². The summed E-state index contributed by atoms with van der Waals surface area (Å²) in [6.07, 6.45) is 5.18. The standard InChI is InChI=1S/C14H18OS/c1-13(2)9-10-8-11(15)4-5-12(10)16-14(13)6-3-7-14/h4-5,8,15H,3,6-7,9H2,1-2H3. The van der Waals surface area contributed by atoms with E-state index in [1.165, 1.54) is 29.7 Å². The Morgan fingerprint density at radius 3 is 2.62 bits per heavy atom. The molecule has 0 radical (unpaired) electrons. The third kappa shape index (κ3) is 1.32. The van der Waals surface area contributed by atoms with Crippen molar-refractivity contribution in [2.45, 2.75) is 49.2 Å². The number of aromatic hydroxyl groups is 1. The molecule has 0 amide bonds. The highest BCUT2D eigenvalue weighted by Gasteiger charge is 2.52.